The summed E-state index contributed by atoms with van der Waals surface area (Å²) in [4.78, 5) is 11.9. The minimum absolute atomic E-state index is 0.174. The highest BCUT2D eigenvalue weighted by Crippen LogP contribution is 2.14. The number of hydrogen-bond acceptors (Lipinski definition) is 3. The molecular formula is C13H17N3O2. The van der Waals surface area contributed by atoms with Gasteiger partial charge in [-0.1, -0.05) is 18.2 Å². The number of ether oxygens (including phenoxy) is 1. The van der Waals surface area contributed by atoms with Gasteiger partial charge < -0.3 is 10.1 Å². The molecule has 0 aliphatic carbocycles. The number of carbonyl (C=O) groups excluding carboxylic acids is 1. The lowest BCUT2D eigenvalue weighted by Crippen LogP contribution is -2.28. The second-order valence-electron chi connectivity index (χ2n) is 4.29. The van der Waals surface area contributed by atoms with Crippen molar-refractivity contribution in [2.45, 2.75) is 20.0 Å². The van der Waals surface area contributed by atoms with E-state index in [4.69, 9.17) is 4.74 Å². The molecule has 0 bridgehead atoms. The van der Waals surface area contributed by atoms with Crippen molar-refractivity contribution in [3.05, 3.63) is 30.0 Å². The molecule has 1 amide bonds. The fourth-order valence-electron chi connectivity index (χ4n) is 1.68. The number of para-hydroxylation sites is 1. The maximum atomic E-state index is 11.9. The van der Waals surface area contributed by atoms with E-state index in [-0.39, 0.29) is 12.0 Å². The lowest BCUT2D eigenvalue weighted by Gasteiger charge is -2.07. The molecule has 5 nitrogen and oxygen atoms in total. The molecule has 0 spiro atoms. The zero-order valence-electron chi connectivity index (χ0n) is 10.6. The van der Waals surface area contributed by atoms with Crippen molar-refractivity contribution >= 4 is 16.8 Å². The summed E-state index contributed by atoms with van der Waals surface area (Å²) in [6.45, 7) is 4.91. The molecule has 2 N–H and O–H groups in total. The fourth-order valence-corrected chi connectivity index (χ4v) is 1.68. The average Bonchev–Trinajstić information content (AvgIpc) is 2.78. The van der Waals surface area contributed by atoms with E-state index in [1.165, 1.54) is 0 Å². The first-order valence-corrected chi connectivity index (χ1v) is 6.01. The first-order valence-electron chi connectivity index (χ1n) is 6.01. The van der Waals surface area contributed by atoms with Gasteiger partial charge in [-0.25, -0.2) is 0 Å². The minimum Gasteiger partial charge on any atom is -0.377 e. The fraction of sp³-hybridized carbons (Fsp3) is 0.385. The minimum atomic E-state index is -0.181. The summed E-state index contributed by atoms with van der Waals surface area (Å²) < 4.78 is 5.35. The SMILES string of the molecule is CC(C)OCCNC(=O)c1n[nH]c2ccccc12. The standard InChI is InChI=1S/C13H17N3O2/c1-9(2)18-8-7-14-13(17)12-10-5-3-4-6-11(10)15-16-12/h3-6,9H,7-8H2,1-2H3,(H,14,17)(H,15,16). The van der Waals surface area contributed by atoms with Gasteiger partial charge in [0.15, 0.2) is 5.69 Å². The van der Waals surface area contributed by atoms with Crippen molar-refractivity contribution in [1.29, 1.82) is 0 Å². The predicted molar refractivity (Wildman–Crippen MR) is 69.5 cm³/mol. The number of amides is 1. The van der Waals surface area contributed by atoms with Crippen LogP contribution >= 0.6 is 0 Å². The van der Waals surface area contributed by atoms with E-state index in [9.17, 15) is 4.79 Å². The monoisotopic (exact) mass is 247 g/mol. The van der Waals surface area contributed by atoms with Crippen LogP contribution in [0.1, 0.15) is 24.3 Å². The van der Waals surface area contributed by atoms with Crippen LogP contribution in [0, 0.1) is 0 Å². The number of fused-ring (bicyclic) bond motifs is 1. The molecule has 0 unspecified atom stereocenters. The van der Waals surface area contributed by atoms with Crippen LogP contribution < -0.4 is 5.32 Å². The van der Waals surface area contributed by atoms with E-state index >= 15 is 0 Å². The second-order valence-corrected chi connectivity index (χ2v) is 4.29. The highest BCUT2D eigenvalue weighted by atomic mass is 16.5. The molecule has 0 saturated heterocycles. The van der Waals surface area contributed by atoms with Crippen molar-refractivity contribution in [1.82, 2.24) is 15.5 Å². The summed E-state index contributed by atoms with van der Waals surface area (Å²) in [6, 6.07) is 7.55. The highest BCUT2D eigenvalue weighted by molar-refractivity contribution is 6.04. The Morgan fingerprint density at radius 1 is 1.44 bits per heavy atom. The molecule has 0 aliphatic rings. The Labute approximate surface area is 106 Å². The topological polar surface area (TPSA) is 67.0 Å². The van der Waals surface area contributed by atoms with Gasteiger partial charge in [-0.15, -0.1) is 0 Å². The zero-order chi connectivity index (χ0) is 13.0. The van der Waals surface area contributed by atoms with E-state index in [1.54, 1.807) is 0 Å². The molecular weight excluding hydrogens is 230 g/mol. The number of carbonyl (C=O) groups is 1. The number of aromatic amines is 1. The normalized spacial score (nSPS) is 11.1. The first kappa shape index (κ1) is 12.6. The van der Waals surface area contributed by atoms with Crippen LogP contribution in [0.15, 0.2) is 24.3 Å². The molecule has 0 fully saturated rings. The van der Waals surface area contributed by atoms with Crippen LogP contribution in [0.5, 0.6) is 0 Å². The van der Waals surface area contributed by atoms with Gasteiger partial charge in [-0.05, 0) is 19.9 Å². The third-order valence-electron chi connectivity index (χ3n) is 2.52. The number of nitrogens with one attached hydrogen (secondary N) is 2. The van der Waals surface area contributed by atoms with E-state index in [2.05, 4.69) is 15.5 Å². The van der Waals surface area contributed by atoms with Gasteiger partial charge in [0.25, 0.3) is 5.91 Å². The number of benzene rings is 1. The molecule has 96 valence electrons. The van der Waals surface area contributed by atoms with Crippen LogP contribution in [-0.2, 0) is 4.74 Å². The number of aromatic nitrogens is 2. The number of rotatable bonds is 5. The van der Waals surface area contributed by atoms with Crippen LogP contribution in [0.2, 0.25) is 0 Å². The Hall–Kier alpha value is -1.88. The van der Waals surface area contributed by atoms with Gasteiger partial charge in [-0.3, -0.25) is 9.89 Å². The van der Waals surface area contributed by atoms with Gasteiger partial charge in [0, 0.05) is 11.9 Å². The predicted octanol–water partition coefficient (Wildman–Crippen LogP) is 1.72. The maximum absolute atomic E-state index is 11.9. The molecule has 2 aromatic rings. The summed E-state index contributed by atoms with van der Waals surface area (Å²) in [6.07, 6.45) is 0.174. The molecule has 0 aliphatic heterocycles. The van der Waals surface area contributed by atoms with Gasteiger partial charge in [0.1, 0.15) is 0 Å². The van der Waals surface area contributed by atoms with E-state index in [0.29, 0.717) is 18.8 Å². The lowest BCUT2D eigenvalue weighted by atomic mass is 10.2. The van der Waals surface area contributed by atoms with Crippen molar-refractivity contribution < 1.29 is 9.53 Å². The maximum Gasteiger partial charge on any atom is 0.272 e. The highest BCUT2D eigenvalue weighted by Gasteiger charge is 2.12. The van der Waals surface area contributed by atoms with Crippen LogP contribution in [0.3, 0.4) is 0 Å². The van der Waals surface area contributed by atoms with Crippen molar-refractivity contribution in [3.63, 3.8) is 0 Å². The van der Waals surface area contributed by atoms with Crippen molar-refractivity contribution in [3.8, 4) is 0 Å². The molecule has 1 aromatic carbocycles. The lowest BCUT2D eigenvalue weighted by molar-refractivity contribution is 0.0745. The van der Waals surface area contributed by atoms with Crippen molar-refractivity contribution in [2.75, 3.05) is 13.2 Å². The Bertz CT molecular complexity index is 534. The van der Waals surface area contributed by atoms with Gasteiger partial charge in [0.2, 0.25) is 0 Å². The summed E-state index contributed by atoms with van der Waals surface area (Å²) in [5.74, 6) is -0.181. The molecule has 1 aromatic heterocycles. The van der Waals surface area contributed by atoms with E-state index in [0.717, 1.165) is 10.9 Å². The smallest absolute Gasteiger partial charge is 0.272 e. The molecule has 5 heteroatoms. The summed E-state index contributed by atoms with van der Waals surface area (Å²) in [7, 11) is 0. The van der Waals surface area contributed by atoms with Crippen LogP contribution in [0.4, 0.5) is 0 Å². The molecule has 0 radical (unpaired) electrons. The first-order chi connectivity index (χ1) is 8.68. The zero-order valence-corrected chi connectivity index (χ0v) is 10.6. The third-order valence-corrected chi connectivity index (χ3v) is 2.52. The van der Waals surface area contributed by atoms with Gasteiger partial charge in [-0.2, -0.15) is 5.10 Å². The summed E-state index contributed by atoms with van der Waals surface area (Å²) >= 11 is 0. The molecule has 18 heavy (non-hydrogen) atoms. The second kappa shape index (κ2) is 5.64. The van der Waals surface area contributed by atoms with Crippen molar-refractivity contribution in [2.24, 2.45) is 0 Å². The Kier molecular flexibility index (Phi) is 3.94. The van der Waals surface area contributed by atoms with Crippen LogP contribution in [0.25, 0.3) is 10.9 Å². The van der Waals surface area contributed by atoms with Gasteiger partial charge >= 0.3 is 0 Å². The largest absolute Gasteiger partial charge is 0.377 e. The van der Waals surface area contributed by atoms with Crippen LogP contribution in [-0.4, -0.2) is 35.4 Å². The molecule has 0 atom stereocenters. The molecule has 2 rings (SSSR count). The third kappa shape index (κ3) is 2.87. The number of H-pyrrole nitrogens is 1. The Morgan fingerprint density at radius 2 is 2.22 bits per heavy atom. The molecule has 1 heterocycles. The van der Waals surface area contributed by atoms with E-state index in [1.807, 2.05) is 38.1 Å². The average molecular weight is 247 g/mol. The van der Waals surface area contributed by atoms with Gasteiger partial charge in [0.05, 0.1) is 18.2 Å². The number of nitrogens with zero attached hydrogens (tertiary/aromatic N) is 1. The Balaban J connectivity index is 1.97. The summed E-state index contributed by atoms with van der Waals surface area (Å²) in [5, 5.41) is 10.5. The Morgan fingerprint density at radius 3 is 3.00 bits per heavy atom. The molecule has 0 saturated carbocycles. The summed E-state index contributed by atoms with van der Waals surface area (Å²) in [5.41, 5.74) is 1.29. The quantitative estimate of drug-likeness (QED) is 0.790. The number of hydrogen-bond donors (Lipinski definition) is 2. The van der Waals surface area contributed by atoms with E-state index < -0.39 is 0 Å².